The van der Waals surface area contributed by atoms with E-state index in [1.807, 2.05) is 45.9 Å². The molecule has 0 saturated heterocycles. The third-order valence-electron chi connectivity index (χ3n) is 2.82. The lowest BCUT2D eigenvalue weighted by molar-refractivity contribution is 0.0965. The van der Waals surface area contributed by atoms with Crippen LogP contribution in [-0.2, 0) is 4.74 Å². The van der Waals surface area contributed by atoms with Gasteiger partial charge in [-0.2, -0.15) is 0 Å². The van der Waals surface area contributed by atoms with Crippen LogP contribution in [0.25, 0.3) is 0 Å². The first-order valence-corrected chi connectivity index (χ1v) is 6.66. The van der Waals surface area contributed by atoms with Gasteiger partial charge in [-0.1, -0.05) is 25.1 Å². The van der Waals surface area contributed by atoms with Gasteiger partial charge in [0.05, 0.1) is 12.6 Å². The smallest absolute Gasteiger partial charge is 0.291 e. The fourth-order valence-corrected chi connectivity index (χ4v) is 1.53. The zero-order chi connectivity index (χ0) is 14.3. The number of benzene rings is 1. The molecule has 4 heteroatoms. The first-order valence-electron chi connectivity index (χ1n) is 6.66. The summed E-state index contributed by atoms with van der Waals surface area (Å²) >= 11 is 0. The molecular weight excluding hydrogens is 240 g/mol. The van der Waals surface area contributed by atoms with E-state index in [0.29, 0.717) is 18.2 Å². The monoisotopic (exact) mass is 262 g/mol. The van der Waals surface area contributed by atoms with Crippen molar-refractivity contribution in [3.63, 3.8) is 0 Å². The average Bonchev–Trinajstić information content (AvgIpc) is 2.39. The van der Waals surface area contributed by atoms with Gasteiger partial charge in [0, 0.05) is 5.56 Å². The Labute approximate surface area is 114 Å². The molecular formula is C15H22N2O2. The van der Waals surface area contributed by atoms with E-state index in [1.165, 1.54) is 0 Å². The number of rotatable bonds is 4. The fourth-order valence-electron chi connectivity index (χ4n) is 1.53. The van der Waals surface area contributed by atoms with E-state index < -0.39 is 0 Å². The number of carbonyl (C=O) groups excluding carboxylic acids is 1. The summed E-state index contributed by atoms with van der Waals surface area (Å²) in [6.45, 7) is 8.27. The maximum absolute atomic E-state index is 12.1. The number of carbonyl (C=O) groups is 1. The summed E-state index contributed by atoms with van der Waals surface area (Å²) in [5, 5.41) is 2.73. The van der Waals surface area contributed by atoms with E-state index in [1.54, 1.807) is 6.07 Å². The number of nitrogens with one attached hydrogen (secondary N) is 1. The second-order valence-corrected chi connectivity index (χ2v) is 4.39. The van der Waals surface area contributed by atoms with E-state index in [-0.39, 0.29) is 11.9 Å². The van der Waals surface area contributed by atoms with E-state index in [0.717, 1.165) is 12.0 Å². The molecule has 0 fully saturated rings. The van der Waals surface area contributed by atoms with Gasteiger partial charge in [-0.05, 0) is 38.8 Å². The second-order valence-electron chi connectivity index (χ2n) is 4.39. The first kappa shape index (κ1) is 15.2. The zero-order valence-corrected chi connectivity index (χ0v) is 12.1. The first-order chi connectivity index (χ1) is 9.08. The Morgan fingerprint density at radius 3 is 2.63 bits per heavy atom. The van der Waals surface area contributed by atoms with Crippen molar-refractivity contribution in [3.8, 4) is 0 Å². The van der Waals surface area contributed by atoms with Crippen LogP contribution < -0.4 is 5.32 Å². The van der Waals surface area contributed by atoms with E-state index >= 15 is 0 Å². The summed E-state index contributed by atoms with van der Waals surface area (Å²) in [5.74, 6) is -0.186. The Bertz CT molecular complexity index is 455. The van der Waals surface area contributed by atoms with Gasteiger partial charge >= 0.3 is 0 Å². The normalized spacial score (nSPS) is 12.9. The second kappa shape index (κ2) is 7.56. The van der Waals surface area contributed by atoms with Gasteiger partial charge in [-0.25, -0.2) is 4.99 Å². The molecule has 0 unspecified atom stereocenters. The highest BCUT2D eigenvalue weighted by Gasteiger charge is 2.12. The molecule has 0 aliphatic heterocycles. The van der Waals surface area contributed by atoms with Gasteiger partial charge in [0.25, 0.3) is 11.9 Å². The number of aryl methyl sites for hydroxylation is 1. The minimum atomic E-state index is -0.186. The molecule has 104 valence electrons. The van der Waals surface area contributed by atoms with E-state index in [4.69, 9.17) is 4.74 Å². The number of hydrogen-bond acceptors (Lipinski definition) is 3. The highest BCUT2D eigenvalue weighted by molar-refractivity contribution is 6.04. The third-order valence-corrected chi connectivity index (χ3v) is 2.82. The molecule has 19 heavy (non-hydrogen) atoms. The van der Waals surface area contributed by atoms with Crippen molar-refractivity contribution in [1.29, 1.82) is 0 Å². The molecule has 0 radical (unpaired) electrons. The Balaban J connectivity index is 2.83. The van der Waals surface area contributed by atoms with Crippen molar-refractivity contribution in [2.75, 3.05) is 6.61 Å². The molecule has 0 bridgehead atoms. The molecule has 1 atom stereocenters. The minimum absolute atomic E-state index is 0.124. The zero-order valence-electron chi connectivity index (χ0n) is 12.1. The van der Waals surface area contributed by atoms with Crippen LogP contribution in [0.2, 0.25) is 0 Å². The summed E-state index contributed by atoms with van der Waals surface area (Å²) in [5.41, 5.74) is 1.57. The van der Waals surface area contributed by atoms with E-state index in [9.17, 15) is 4.79 Å². The third kappa shape index (κ3) is 4.73. The van der Waals surface area contributed by atoms with Crippen LogP contribution in [0.4, 0.5) is 0 Å². The van der Waals surface area contributed by atoms with Crippen LogP contribution in [0.15, 0.2) is 29.3 Å². The summed E-state index contributed by atoms with van der Waals surface area (Å²) in [6, 6.07) is 7.86. The lowest BCUT2D eigenvalue weighted by Gasteiger charge is -2.12. The number of hydrogen-bond donors (Lipinski definition) is 1. The van der Waals surface area contributed by atoms with Crippen LogP contribution in [0.1, 0.15) is 43.1 Å². The van der Waals surface area contributed by atoms with Crippen LogP contribution in [0.5, 0.6) is 0 Å². The molecule has 0 heterocycles. The van der Waals surface area contributed by atoms with E-state index in [2.05, 4.69) is 10.3 Å². The minimum Gasteiger partial charge on any atom is -0.465 e. The topological polar surface area (TPSA) is 50.7 Å². The molecule has 0 aliphatic rings. The van der Waals surface area contributed by atoms with Gasteiger partial charge in [0.15, 0.2) is 0 Å². The maximum Gasteiger partial charge on any atom is 0.291 e. The van der Waals surface area contributed by atoms with Crippen molar-refractivity contribution < 1.29 is 9.53 Å². The number of amidine groups is 1. The van der Waals surface area contributed by atoms with Gasteiger partial charge in [-0.15, -0.1) is 0 Å². The Hall–Kier alpha value is -1.84. The largest absolute Gasteiger partial charge is 0.465 e. The van der Waals surface area contributed by atoms with Crippen LogP contribution in [0.3, 0.4) is 0 Å². The standard InChI is InChI=1S/C15H22N2O2/c1-5-12(4)16-15(19-6-2)17-14(18)13-10-8-7-9-11(13)3/h7-10,12H,5-6H2,1-4H3,(H,16,17,18)/t12-/m1/s1. The molecule has 0 aliphatic carbocycles. The Morgan fingerprint density at radius 1 is 1.37 bits per heavy atom. The number of amides is 1. The van der Waals surface area contributed by atoms with Crippen molar-refractivity contribution in [3.05, 3.63) is 35.4 Å². The predicted octanol–water partition coefficient (Wildman–Crippen LogP) is 2.92. The average molecular weight is 262 g/mol. The Morgan fingerprint density at radius 2 is 2.05 bits per heavy atom. The summed E-state index contributed by atoms with van der Waals surface area (Å²) in [7, 11) is 0. The number of aliphatic imine (C=N–C) groups is 1. The van der Waals surface area contributed by atoms with Crippen LogP contribution >= 0.6 is 0 Å². The molecule has 1 N–H and O–H groups in total. The van der Waals surface area contributed by atoms with Crippen molar-refractivity contribution in [2.24, 2.45) is 4.99 Å². The highest BCUT2D eigenvalue weighted by atomic mass is 16.5. The van der Waals surface area contributed by atoms with Gasteiger partial charge in [-0.3, -0.25) is 10.1 Å². The predicted molar refractivity (Wildman–Crippen MR) is 77.5 cm³/mol. The van der Waals surface area contributed by atoms with Gasteiger partial charge in [0.1, 0.15) is 0 Å². The molecule has 0 saturated carbocycles. The molecule has 4 nitrogen and oxygen atoms in total. The number of nitrogens with zero attached hydrogens (tertiary/aromatic N) is 1. The number of ether oxygens (including phenoxy) is 1. The lowest BCUT2D eigenvalue weighted by Crippen LogP contribution is -2.33. The van der Waals surface area contributed by atoms with Gasteiger partial charge < -0.3 is 4.74 Å². The molecule has 1 aromatic rings. The van der Waals surface area contributed by atoms with Crippen molar-refractivity contribution >= 4 is 11.9 Å². The SMILES string of the molecule is CCOC(=N[C@H](C)CC)NC(=O)c1ccccc1C. The summed E-state index contributed by atoms with van der Waals surface area (Å²) < 4.78 is 5.36. The molecule has 0 spiro atoms. The summed E-state index contributed by atoms with van der Waals surface area (Å²) in [4.78, 5) is 16.5. The van der Waals surface area contributed by atoms with Gasteiger partial charge in [0.2, 0.25) is 0 Å². The summed E-state index contributed by atoms with van der Waals surface area (Å²) in [6.07, 6.45) is 0.900. The quantitative estimate of drug-likeness (QED) is 0.670. The highest BCUT2D eigenvalue weighted by Crippen LogP contribution is 2.06. The maximum atomic E-state index is 12.1. The van der Waals surface area contributed by atoms with Crippen molar-refractivity contribution in [1.82, 2.24) is 5.32 Å². The van der Waals surface area contributed by atoms with Crippen LogP contribution in [-0.4, -0.2) is 24.6 Å². The molecule has 0 aromatic heterocycles. The molecule has 1 aromatic carbocycles. The lowest BCUT2D eigenvalue weighted by atomic mass is 10.1. The Kier molecular flexibility index (Phi) is 6.06. The molecule has 1 amide bonds. The molecule has 1 rings (SSSR count). The van der Waals surface area contributed by atoms with Crippen molar-refractivity contribution in [2.45, 2.75) is 40.2 Å². The van der Waals surface area contributed by atoms with Crippen LogP contribution in [0, 0.1) is 6.92 Å². The fraction of sp³-hybridized carbons (Fsp3) is 0.467.